The van der Waals surface area contributed by atoms with E-state index in [1.807, 2.05) is 12.1 Å². The molecule has 1 heterocycles. The number of rotatable bonds is 7. The average molecular weight is 406 g/mol. The quantitative estimate of drug-likeness (QED) is 0.385. The van der Waals surface area contributed by atoms with E-state index in [0.717, 1.165) is 5.56 Å². The molecule has 5 nitrogen and oxygen atoms in total. The third-order valence-corrected chi connectivity index (χ3v) is 3.70. The van der Waals surface area contributed by atoms with Gasteiger partial charge in [0.1, 0.15) is 4.60 Å². The van der Waals surface area contributed by atoms with Crippen LogP contribution < -0.4 is 14.2 Å². The molecular formula is C19H20BrNO4. The van der Waals surface area contributed by atoms with E-state index in [1.165, 1.54) is 6.08 Å². The molecule has 0 spiro atoms. The molecule has 25 heavy (non-hydrogen) atoms. The lowest BCUT2D eigenvalue weighted by molar-refractivity contribution is -0.128. The number of halogens is 1. The van der Waals surface area contributed by atoms with Gasteiger partial charge in [-0.3, -0.25) is 0 Å². The summed E-state index contributed by atoms with van der Waals surface area (Å²) in [6.45, 7) is 4.77. The van der Waals surface area contributed by atoms with Gasteiger partial charge in [-0.25, -0.2) is 9.78 Å². The summed E-state index contributed by atoms with van der Waals surface area (Å²) < 4.78 is 16.8. The van der Waals surface area contributed by atoms with Crippen molar-refractivity contribution in [2.45, 2.75) is 13.8 Å². The van der Waals surface area contributed by atoms with Gasteiger partial charge < -0.3 is 14.2 Å². The number of benzene rings is 1. The van der Waals surface area contributed by atoms with Gasteiger partial charge in [0.25, 0.3) is 0 Å². The molecule has 0 unspecified atom stereocenters. The summed E-state index contributed by atoms with van der Waals surface area (Å²) in [4.78, 5) is 15.9. The average Bonchev–Trinajstić information content (AvgIpc) is 2.60. The lowest BCUT2D eigenvalue weighted by Gasteiger charge is -2.12. The molecule has 0 amide bonds. The fourth-order valence-corrected chi connectivity index (χ4v) is 2.25. The first-order valence-electron chi connectivity index (χ1n) is 7.81. The molecule has 1 aromatic carbocycles. The summed E-state index contributed by atoms with van der Waals surface area (Å²) >= 11 is 3.23. The van der Waals surface area contributed by atoms with Gasteiger partial charge in [0.05, 0.1) is 13.7 Å². The minimum Gasteiger partial charge on any atom is -0.493 e. The lowest BCUT2D eigenvalue weighted by Crippen LogP contribution is -2.05. The summed E-state index contributed by atoms with van der Waals surface area (Å²) in [5.41, 5.74) is 0.802. The van der Waals surface area contributed by atoms with Crippen molar-refractivity contribution < 1.29 is 19.0 Å². The number of methoxy groups -OCH3 is 1. The fourth-order valence-electron chi connectivity index (χ4n) is 1.92. The van der Waals surface area contributed by atoms with Crippen LogP contribution in [-0.2, 0) is 4.79 Å². The van der Waals surface area contributed by atoms with Crippen LogP contribution in [0.25, 0.3) is 6.08 Å². The van der Waals surface area contributed by atoms with E-state index in [4.69, 9.17) is 14.2 Å². The Balaban J connectivity index is 2.05. The fraction of sp³-hybridized carbons (Fsp3) is 0.263. The molecule has 2 aromatic rings. The Labute approximate surface area is 155 Å². The highest BCUT2D eigenvalue weighted by Gasteiger charge is 2.08. The normalized spacial score (nSPS) is 10.9. The lowest BCUT2D eigenvalue weighted by atomic mass is 10.2. The van der Waals surface area contributed by atoms with Crippen LogP contribution in [-0.4, -0.2) is 24.7 Å². The van der Waals surface area contributed by atoms with Gasteiger partial charge >= 0.3 is 5.97 Å². The molecule has 1 aromatic heterocycles. The highest BCUT2D eigenvalue weighted by atomic mass is 79.9. The third kappa shape index (κ3) is 5.90. The van der Waals surface area contributed by atoms with E-state index in [9.17, 15) is 4.79 Å². The number of aromatic nitrogens is 1. The monoisotopic (exact) mass is 405 g/mol. The predicted molar refractivity (Wildman–Crippen MR) is 99.9 cm³/mol. The zero-order valence-corrected chi connectivity index (χ0v) is 15.9. The molecule has 0 atom stereocenters. The van der Waals surface area contributed by atoms with Crippen molar-refractivity contribution in [1.82, 2.24) is 4.98 Å². The Hall–Kier alpha value is -2.34. The summed E-state index contributed by atoms with van der Waals surface area (Å²) in [5.74, 6) is 1.59. The van der Waals surface area contributed by atoms with Crippen LogP contribution in [0.5, 0.6) is 17.2 Å². The van der Waals surface area contributed by atoms with Crippen LogP contribution in [0, 0.1) is 5.92 Å². The van der Waals surface area contributed by atoms with Crippen molar-refractivity contribution in [3.05, 3.63) is 52.8 Å². The number of carbonyl (C=O) groups excluding carboxylic acids is 1. The predicted octanol–water partition coefficient (Wildman–Crippen LogP) is 4.51. The molecule has 2 rings (SSSR count). The first-order chi connectivity index (χ1) is 12.0. The molecule has 6 heteroatoms. The van der Waals surface area contributed by atoms with Crippen LogP contribution in [0.3, 0.4) is 0 Å². The second-order valence-electron chi connectivity index (χ2n) is 5.66. The molecule has 0 saturated heterocycles. The molecule has 0 N–H and O–H groups in total. The molecule has 0 fully saturated rings. The molecule has 0 radical (unpaired) electrons. The van der Waals surface area contributed by atoms with Crippen molar-refractivity contribution in [2.24, 2.45) is 5.92 Å². The van der Waals surface area contributed by atoms with Crippen molar-refractivity contribution in [3.8, 4) is 17.2 Å². The SMILES string of the molecule is COc1cc(/C=C/C(=O)Oc2cccnc2Br)ccc1OCC(C)C. The van der Waals surface area contributed by atoms with Crippen LogP contribution in [0.1, 0.15) is 19.4 Å². The van der Waals surface area contributed by atoms with E-state index in [0.29, 0.717) is 34.4 Å². The van der Waals surface area contributed by atoms with Gasteiger partial charge in [0, 0.05) is 12.3 Å². The summed E-state index contributed by atoms with van der Waals surface area (Å²) in [6, 6.07) is 8.83. The van der Waals surface area contributed by atoms with Gasteiger partial charge in [-0.15, -0.1) is 0 Å². The Morgan fingerprint density at radius 3 is 2.72 bits per heavy atom. The largest absolute Gasteiger partial charge is 0.493 e. The summed E-state index contributed by atoms with van der Waals surface area (Å²) in [5, 5.41) is 0. The first-order valence-corrected chi connectivity index (χ1v) is 8.60. The maximum atomic E-state index is 11.9. The van der Waals surface area contributed by atoms with Crippen LogP contribution in [0.15, 0.2) is 47.2 Å². The third-order valence-electron chi connectivity index (χ3n) is 3.11. The van der Waals surface area contributed by atoms with Crippen LogP contribution in [0.2, 0.25) is 0 Å². The maximum Gasteiger partial charge on any atom is 0.336 e. The standard InChI is InChI=1S/C19H20BrNO4/c1-13(2)12-24-15-8-6-14(11-17(15)23-3)7-9-18(22)25-16-5-4-10-21-19(16)20/h4-11,13H,12H2,1-3H3/b9-7+. The topological polar surface area (TPSA) is 57.7 Å². The molecule has 0 aliphatic heterocycles. The van der Waals surface area contributed by atoms with Gasteiger partial charge in [-0.1, -0.05) is 19.9 Å². The Morgan fingerprint density at radius 1 is 1.24 bits per heavy atom. The zero-order valence-electron chi connectivity index (χ0n) is 14.4. The van der Waals surface area contributed by atoms with Crippen molar-refractivity contribution in [2.75, 3.05) is 13.7 Å². The summed E-state index contributed by atoms with van der Waals surface area (Å²) in [7, 11) is 1.58. The van der Waals surface area contributed by atoms with E-state index in [-0.39, 0.29) is 0 Å². The van der Waals surface area contributed by atoms with Crippen LogP contribution in [0.4, 0.5) is 0 Å². The smallest absolute Gasteiger partial charge is 0.336 e. The van der Waals surface area contributed by atoms with Gasteiger partial charge in [-0.05, 0) is 57.8 Å². The number of hydrogen-bond acceptors (Lipinski definition) is 5. The van der Waals surface area contributed by atoms with E-state index < -0.39 is 5.97 Å². The number of nitrogens with zero attached hydrogens (tertiary/aromatic N) is 1. The highest BCUT2D eigenvalue weighted by Crippen LogP contribution is 2.29. The number of esters is 1. The van der Waals surface area contributed by atoms with Crippen molar-refractivity contribution >= 4 is 28.0 Å². The molecule has 132 valence electrons. The second kappa shape index (κ2) is 9.22. The van der Waals surface area contributed by atoms with Gasteiger partial charge in [0.2, 0.25) is 0 Å². The van der Waals surface area contributed by atoms with Crippen molar-refractivity contribution in [3.63, 3.8) is 0 Å². The second-order valence-corrected chi connectivity index (χ2v) is 6.41. The Kier molecular flexibility index (Phi) is 7.01. The van der Waals surface area contributed by atoms with Crippen LogP contribution >= 0.6 is 15.9 Å². The van der Waals surface area contributed by atoms with E-state index >= 15 is 0 Å². The van der Waals surface area contributed by atoms with Crippen molar-refractivity contribution in [1.29, 1.82) is 0 Å². The maximum absolute atomic E-state index is 11.9. The highest BCUT2D eigenvalue weighted by molar-refractivity contribution is 9.10. The number of pyridine rings is 1. The number of hydrogen-bond donors (Lipinski definition) is 0. The van der Waals surface area contributed by atoms with E-state index in [1.54, 1.807) is 37.6 Å². The molecule has 0 aliphatic carbocycles. The summed E-state index contributed by atoms with van der Waals surface area (Å²) in [6.07, 6.45) is 4.61. The molecule has 0 aliphatic rings. The van der Waals surface area contributed by atoms with E-state index in [2.05, 4.69) is 34.8 Å². The minimum atomic E-state index is -0.493. The zero-order chi connectivity index (χ0) is 18.2. The first kappa shape index (κ1) is 19.0. The molecular weight excluding hydrogens is 386 g/mol. The number of ether oxygens (including phenoxy) is 3. The Morgan fingerprint density at radius 2 is 2.04 bits per heavy atom. The Bertz CT molecular complexity index is 759. The van der Waals surface area contributed by atoms with Gasteiger partial charge in [0.15, 0.2) is 17.2 Å². The number of carbonyl (C=O) groups is 1. The minimum absolute atomic E-state index is 0.368. The van der Waals surface area contributed by atoms with Gasteiger partial charge in [-0.2, -0.15) is 0 Å². The molecule has 0 saturated carbocycles. The molecule has 0 bridgehead atoms.